The molecule has 0 aromatic heterocycles. The van der Waals surface area contributed by atoms with Crippen molar-refractivity contribution in [2.24, 2.45) is 11.8 Å². The lowest BCUT2D eigenvalue weighted by Gasteiger charge is -2.20. The number of hydrogen-bond donors (Lipinski definition) is 1. The van der Waals surface area contributed by atoms with Gasteiger partial charge in [-0.2, -0.15) is 0 Å². The Hall–Kier alpha value is 0.990. The summed E-state index contributed by atoms with van der Waals surface area (Å²) in [6, 6.07) is 0. The van der Waals surface area contributed by atoms with Crippen molar-refractivity contribution in [1.29, 1.82) is 0 Å². The van der Waals surface area contributed by atoms with Crippen LogP contribution in [-0.2, 0) is 32.7 Å². The number of thiol groups is 1. The van der Waals surface area contributed by atoms with E-state index in [-0.39, 0.29) is 0 Å². The fourth-order valence-electron chi connectivity index (χ4n) is 2.74. The third kappa shape index (κ3) is 13.8. The van der Waals surface area contributed by atoms with Crippen LogP contribution in [0, 0.1) is 11.8 Å². The molecule has 0 fully saturated rings. The van der Waals surface area contributed by atoms with Gasteiger partial charge in [0, 0.05) is 17.7 Å². The molecule has 3 unspecified atom stereocenters. The van der Waals surface area contributed by atoms with Gasteiger partial charge in [-0.05, 0) is 24.7 Å². The van der Waals surface area contributed by atoms with Crippen LogP contribution in [0.3, 0.4) is 0 Å². The lowest BCUT2D eigenvalue weighted by molar-refractivity contribution is 0.268. The topological polar surface area (TPSA) is 18.5 Å². The van der Waals surface area contributed by atoms with Crippen LogP contribution in [0.1, 0.15) is 79.1 Å². The van der Waals surface area contributed by atoms with Gasteiger partial charge >= 0.3 is 0 Å². The average Bonchev–Trinajstić information content (AvgIpc) is 2.61. The predicted octanol–water partition coefficient (Wildman–Crippen LogP) is 7.36. The quantitative estimate of drug-likeness (QED) is 0.152. The second-order valence-electron chi connectivity index (χ2n) is 6.64. The Morgan fingerprint density at radius 2 is 1.28 bits per heavy atom. The maximum atomic E-state index is 5.92. The van der Waals surface area contributed by atoms with Gasteiger partial charge in [0.05, 0.1) is 0 Å². The fraction of sp³-hybridized carbons (Fsp3) is 0.889. The second-order valence-corrected chi connectivity index (χ2v) is 12.3. The van der Waals surface area contributed by atoms with Gasteiger partial charge in [0.2, 0.25) is 0 Å². The lowest BCUT2D eigenvalue weighted by atomic mass is 10.0. The maximum absolute atomic E-state index is 5.92. The minimum atomic E-state index is -1.32. The highest BCUT2D eigenvalue weighted by molar-refractivity contribution is 8.03. The predicted molar refractivity (Wildman–Crippen MR) is 127 cm³/mol. The summed E-state index contributed by atoms with van der Waals surface area (Å²) in [6.45, 7) is 6.29. The summed E-state index contributed by atoms with van der Waals surface area (Å²) in [4.78, 5) is 0. The summed E-state index contributed by atoms with van der Waals surface area (Å²) in [6.07, 6.45) is 11.8. The Kier molecular flexibility index (Phi) is 17.8. The number of rotatable bonds is 16. The largest absolute Gasteiger partial charge is 0.439 e. The Morgan fingerprint density at radius 3 is 1.56 bits per heavy atom. The van der Waals surface area contributed by atoms with Crippen LogP contribution in [0.15, 0.2) is 11.4 Å². The summed E-state index contributed by atoms with van der Waals surface area (Å²) in [5.74, 6) is 1.80. The Labute approximate surface area is 173 Å². The maximum Gasteiger partial charge on any atom is 0.291 e. The van der Waals surface area contributed by atoms with Gasteiger partial charge in [-0.25, -0.2) is 0 Å². The molecule has 4 atom stereocenters. The van der Waals surface area contributed by atoms with Crippen molar-refractivity contribution >= 4 is 50.1 Å². The van der Waals surface area contributed by atoms with E-state index in [1.54, 1.807) is 5.41 Å². The van der Waals surface area contributed by atoms with Crippen molar-refractivity contribution in [1.82, 2.24) is 0 Å². The van der Waals surface area contributed by atoms with E-state index in [1.165, 1.54) is 51.4 Å². The van der Waals surface area contributed by atoms with Crippen LogP contribution in [0.5, 0.6) is 0 Å². The molecule has 0 bridgehead atoms. The summed E-state index contributed by atoms with van der Waals surface area (Å²) in [7, 11) is 0. The zero-order valence-corrected chi connectivity index (χ0v) is 20.9. The molecule has 7 heteroatoms. The van der Waals surface area contributed by atoms with Gasteiger partial charge in [-0.1, -0.05) is 89.8 Å². The zero-order valence-electron chi connectivity index (χ0n) is 16.4. The van der Waals surface area contributed by atoms with Gasteiger partial charge in [-0.3, -0.25) is 0 Å². The molecule has 0 N–H and O–H groups in total. The van der Waals surface area contributed by atoms with Crippen molar-refractivity contribution in [3.05, 3.63) is 11.4 Å². The van der Waals surface area contributed by atoms with Crippen molar-refractivity contribution in [3.8, 4) is 0 Å². The van der Waals surface area contributed by atoms with E-state index in [0.29, 0.717) is 17.8 Å². The van der Waals surface area contributed by atoms with Crippen LogP contribution in [0.25, 0.3) is 0 Å². The molecule has 0 rings (SSSR count). The van der Waals surface area contributed by atoms with Crippen LogP contribution in [0.2, 0.25) is 0 Å². The first-order valence-corrected chi connectivity index (χ1v) is 15.8. The first-order chi connectivity index (χ1) is 12.0. The molecule has 25 heavy (non-hydrogen) atoms. The highest BCUT2D eigenvalue weighted by Crippen LogP contribution is 2.38. The minimum Gasteiger partial charge on any atom is -0.439 e. The van der Waals surface area contributed by atoms with Crippen molar-refractivity contribution in [2.45, 2.75) is 79.1 Å². The van der Waals surface area contributed by atoms with E-state index >= 15 is 0 Å². The molecule has 0 amide bonds. The molecule has 2 nitrogen and oxygen atoms in total. The van der Waals surface area contributed by atoms with Gasteiger partial charge in [-0.15, -0.1) is 12.6 Å². The SMILES string of the molecule is CCCCC(CC)C[PH](=S)OC(=CS)O[PH](=S)C[C@@H](CC)CCCC. The molecule has 0 aromatic rings. The van der Waals surface area contributed by atoms with Crippen LogP contribution in [-0.4, -0.2) is 12.3 Å². The molecule has 0 saturated heterocycles. The second kappa shape index (κ2) is 17.1. The molecule has 0 aliphatic rings. The molecular weight excluding hydrogens is 406 g/mol. The fourth-order valence-corrected chi connectivity index (χ4v) is 7.78. The minimum absolute atomic E-state index is 0.465. The molecule has 0 heterocycles. The standard InChI is InChI=1S/C18H38O2P2S3/c1-5-9-11-16(7-3)13-21(24)19-18(15-23)20-22(25)14-17(8-4)12-10-6-2/h15-17,21-23H,5-14H2,1-4H3/t16-,17?/m0/s1. The van der Waals surface area contributed by atoms with Crippen molar-refractivity contribution < 1.29 is 9.05 Å². The van der Waals surface area contributed by atoms with E-state index < -0.39 is 13.8 Å². The van der Waals surface area contributed by atoms with Crippen LogP contribution < -0.4 is 0 Å². The Balaban J connectivity index is 4.39. The molecule has 0 aliphatic heterocycles. The highest BCUT2D eigenvalue weighted by Gasteiger charge is 2.14. The van der Waals surface area contributed by atoms with Gasteiger partial charge < -0.3 is 9.05 Å². The van der Waals surface area contributed by atoms with Gasteiger partial charge in [0.25, 0.3) is 5.95 Å². The molecule has 0 radical (unpaired) electrons. The smallest absolute Gasteiger partial charge is 0.291 e. The summed E-state index contributed by atoms with van der Waals surface area (Å²) >= 11 is 15.4. The normalized spacial score (nSPS) is 16.9. The molecule has 150 valence electrons. The van der Waals surface area contributed by atoms with Gasteiger partial charge in [0.1, 0.15) is 13.8 Å². The summed E-state index contributed by atoms with van der Waals surface area (Å²) in [5.41, 5.74) is 0. The van der Waals surface area contributed by atoms with Crippen molar-refractivity contribution in [2.75, 3.05) is 12.3 Å². The monoisotopic (exact) mass is 444 g/mol. The Bertz CT molecular complexity index is 383. The highest BCUT2D eigenvalue weighted by atomic mass is 32.4. The first kappa shape index (κ1) is 26.0. The summed E-state index contributed by atoms with van der Waals surface area (Å²) in [5, 5.41) is 1.59. The third-order valence-electron chi connectivity index (χ3n) is 4.53. The van der Waals surface area contributed by atoms with Crippen LogP contribution >= 0.6 is 26.5 Å². The van der Waals surface area contributed by atoms with E-state index in [9.17, 15) is 0 Å². The zero-order chi connectivity index (χ0) is 19.1. The Morgan fingerprint density at radius 1 is 0.880 bits per heavy atom. The van der Waals surface area contributed by atoms with Gasteiger partial charge in [0.15, 0.2) is 0 Å². The van der Waals surface area contributed by atoms with E-state index in [2.05, 4.69) is 40.3 Å². The average molecular weight is 445 g/mol. The molecular formula is C18H38O2P2S3. The first-order valence-electron chi connectivity index (χ1n) is 9.76. The number of hydrogen-bond acceptors (Lipinski definition) is 5. The third-order valence-corrected chi connectivity index (χ3v) is 8.92. The molecule has 0 spiro atoms. The molecule has 0 aromatic carbocycles. The lowest BCUT2D eigenvalue weighted by Crippen LogP contribution is -2.04. The van der Waals surface area contributed by atoms with Crippen LogP contribution in [0.4, 0.5) is 0 Å². The van der Waals surface area contributed by atoms with Crippen molar-refractivity contribution in [3.63, 3.8) is 0 Å². The van der Waals surface area contributed by atoms with E-state index in [0.717, 1.165) is 12.3 Å². The number of unbranched alkanes of at least 4 members (excludes halogenated alkanes) is 2. The van der Waals surface area contributed by atoms with E-state index in [1.807, 2.05) is 0 Å². The molecule has 0 aliphatic carbocycles. The summed E-state index contributed by atoms with van der Waals surface area (Å²) < 4.78 is 11.8. The van der Waals surface area contributed by atoms with E-state index in [4.69, 9.17) is 32.7 Å². The molecule has 0 saturated carbocycles.